The number of ketones is 1. The zero-order valence-corrected chi connectivity index (χ0v) is 12.1. The van der Waals surface area contributed by atoms with E-state index >= 15 is 0 Å². The molecule has 0 radical (unpaired) electrons. The highest BCUT2D eigenvalue weighted by molar-refractivity contribution is 5.96. The van der Waals surface area contributed by atoms with Crippen molar-refractivity contribution in [3.63, 3.8) is 0 Å². The van der Waals surface area contributed by atoms with E-state index in [1.54, 1.807) is 36.2 Å². The smallest absolute Gasteiger partial charge is 0.227 e. The molecule has 0 aromatic heterocycles. The van der Waals surface area contributed by atoms with Crippen LogP contribution in [-0.4, -0.2) is 31.3 Å². The van der Waals surface area contributed by atoms with Crippen LogP contribution in [-0.2, 0) is 4.79 Å². The molecule has 4 heteroatoms. The number of benzene rings is 1. The van der Waals surface area contributed by atoms with Gasteiger partial charge in [-0.15, -0.1) is 0 Å². The lowest BCUT2D eigenvalue weighted by Gasteiger charge is -2.18. The minimum atomic E-state index is 0.0293. The lowest BCUT2D eigenvalue weighted by molar-refractivity contribution is -0.118. The van der Waals surface area contributed by atoms with Gasteiger partial charge in [0.05, 0.1) is 0 Å². The first-order chi connectivity index (χ1) is 8.91. The first kappa shape index (κ1) is 15.4. The number of anilines is 1. The molecule has 0 saturated heterocycles. The summed E-state index contributed by atoms with van der Waals surface area (Å²) in [5, 5.41) is 3.21. The van der Waals surface area contributed by atoms with Gasteiger partial charge in [-0.1, -0.05) is 13.8 Å². The number of carbonyl (C=O) groups excluding carboxylic acids is 2. The van der Waals surface area contributed by atoms with Gasteiger partial charge in [0.1, 0.15) is 0 Å². The molecule has 1 amide bonds. The summed E-state index contributed by atoms with van der Waals surface area (Å²) in [6, 6.07) is 7.46. The zero-order valence-electron chi connectivity index (χ0n) is 12.1. The van der Waals surface area contributed by atoms with Crippen LogP contribution in [0.2, 0.25) is 0 Å². The van der Waals surface area contributed by atoms with E-state index in [4.69, 9.17) is 0 Å². The van der Waals surface area contributed by atoms with Crippen molar-refractivity contribution in [1.82, 2.24) is 5.32 Å². The highest BCUT2D eigenvalue weighted by Crippen LogP contribution is 2.15. The van der Waals surface area contributed by atoms with E-state index in [1.807, 2.05) is 0 Å². The Morgan fingerprint density at radius 3 is 2.26 bits per heavy atom. The van der Waals surface area contributed by atoms with Crippen molar-refractivity contribution in [2.45, 2.75) is 33.2 Å². The molecule has 1 rings (SSSR count). The summed E-state index contributed by atoms with van der Waals surface area (Å²) in [6.07, 6.45) is 0.461. The number of hydrogen-bond donors (Lipinski definition) is 1. The molecular formula is C15H22N2O2. The van der Waals surface area contributed by atoms with Crippen molar-refractivity contribution < 1.29 is 9.59 Å². The molecule has 1 aromatic rings. The molecule has 0 bridgehead atoms. The number of amides is 1. The second-order valence-corrected chi connectivity index (χ2v) is 4.91. The van der Waals surface area contributed by atoms with E-state index in [0.29, 0.717) is 24.6 Å². The Labute approximate surface area is 114 Å². The van der Waals surface area contributed by atoms with Gasteiger partial charge in [-0.2, -0.15) is 0 Å². The minimum absolute atomic E-state index is 0.0293. The highest BCUT2D eigenvalue weighted by Gasteiger charge is 2.11. The van der Waals surface area contributed by atoms with Gasteiger partial charge in [0, 0.05) is 37.3 Å². The SMILES string of the molecule is CC(=O)c1ccc(N(C)C(=O)CCNC(C)C)cc1. The van der Waals surface area contributed by atoms with Gasteiger partial charge >= 0.3 is 0 Å². The van der Waals surface area contributed by atoms with Crippen LogP contribution < -0.4 is 10.2 Å². The molecule has 0 atom stereocenters. The van der Waals surface area contributed by atoms with Gasteiger partial charge in [-0.3, -0.25) is 9.59 Å². The number of rotatable bonds is 6. The third kappa shape index (κ3) is 4.83. The summed E-state index contributed by atoms with van der Waals surface area (Å²) in [7, 11) is 1.75. The van der Waals surface area contributed by atoms with Crippen LogP contribution in [0.1, 0.15) is 37.6 Å². The highest BCUT2D eigenvalue weighted by atomic mass is 16.2. The molecule has 19 heavy (non-hydrogen) atoms. The van der Waals surface area contributed by atoms with Crippen LogP contribution in [0.3, 0.4) is 0 Å². The third-order valence-electron chi connectivity index (χ3n) is 2.93. The van der Waals surface area contributed by atoms with Crippen LogP contribution in [0.5, 0.6) is 0 Å². The van der Waals surface area contributed by atoms with Gasteiger partial charge in [0.15, 0.2) is 5.78 Å². The van der Waals surface area contributed by atoms with Crippen molar-refractivity contribution in [3.05, 3.63) is 29.8 Å². The van der Waals surface area contributed by atoms with Gasteiger partial charge in [0.2, 0.25) is 5.91 Å². The lowest BCUT2D eigenvalue weighted by Crippen LogP contribution is -2.31. The van der Waals surface area contributed by atoms with Gasteiger partial charge < -0.3 is 10.2 Å². The Hall–Kier alpha value is -1.68. The summed E-state index contributed by atoms with van der Waals surface area (Å²) in [4.78, 5) is 24.8. The van der Waals surface area contributed by atoms with Crippen LogP contribution >= 0.6 is 0 Å². The molecule has 0 saturated carbocycles. The molecular weight excluding hydrogens is 240 g/mol. The Kier molecular flexibility index (Phi) is 5.70. The quantitative estimate of drug-likeness (QED) is 0.800. The molecule has 0 aliphatic carbocycles. The van der Waals surface area contributed by atoms with Crippen LogP contribution in [0.15, 0.2) is 24.3 Å². The molecule has 1 aromatic carbocycles. The van der Waals surface area contributed by atoms with E-state index in [9.17, 15) is 9.59 Å². The molecule has 104 valence electrons. The predicted octanol–water partition coefficient (Wildman–Crippen LogP) is 2.24. The number of nitrogens with one attached hydrogen (secondary N) is 1. The topological polar surface area (TPSA) is 49.4 Å². The monoisotopic (exact) mass is 262 g/mol. The first-order valence-corrected chi connectivity index (χ1v) is 6.52. The summed E-state index contributed by atoms with van der Waals surface area (Å²) in [6.45, 7) is 6.30. The fourth-order valence-corrected chi connectivity index (χ4v) is 1.70. The summed E-state index contributed by atoms with van der Waals surface area (Å²) < 4.78 is 0. The summed E-state index contributed by atoms with van der Waals surface area (Å²) in [5.74, 6) is 0.0883. The van der Waals surface area contributed by atoms with Crippen molar-refractivity contribution in [2.75, 3.05) is 18.5 Å². The van der Waals surface area contributed by atoms with E-state index in [1.165, 1.54) is 6.92 Å². The Morgan fingerprint density at radius 1 is 1.21 bits per heavy atom. The van der Waals surface area contributed by atoms with Gasteiger partial charge in [0.25, 0.3) is 0 Å². The predicted molar refractivity (Wildman–Crippen MR) is 77.6 cm³/mol. The van der Waals surface area contributed by atoms with E-state index in [0.717, 1.165) is 5.69 Å². The van der Waals surface area contributed by atoms with E-state index < -0.39 is 0 Å². The molecule has 0 aliphatic rings. The zero-order chi connectivity index (χ0) is 14.4. The van der Waals surface area contributed by atoms with Crippen molar-refractivity contribution in [3.8, 4) is 0 Å². The summed E-state index contributed by atoms with van der Waals surface area (Å²) in [5.41, 5.74) is 1.46. The average molecular weight is 262 g/mol. The maximum atomic E-state index is 12.0. The first-order valence-electron chi connectivity index (χ1n) is 6.52. The number of Topliss-reactive ketones (excluding diaryl/α,β-unsaturated/α-hetero) is 1. The molecule has 1 N–H and O–H groups in total. The van der Waals surface area contributed by atoms with Gasteiger partial charge in [-0.25, -0.2) is 0 Å². The molecule has 4 nitrogen and oxygen atoms in total. The largest absolute Gasteiger partial charge is 0.315 e. The minimum Gasteiger partial charge on any atom is -0.315 e. The third-order valence-corrected chi connectivity index (χ3v) is 2.93. The Morgan fingerprint density at radius 2 is 1.79 bits per heavy atom. The van der Waals surface area contributed by atoms with E-state index in [2.05, 4.69) is 19.2 Å². The second-order valence-electron chi connectivity index (χ2n) is 4.91. The number of carbonyl (C=O) groups is 2. The number of nitrogens with zero attached hydrogens (tertiary/aromatic N) is 1. The maximum Gasteiger partial charge on any atom is 0.227 e. The van der Waals surface area contributed by atoms with Gasteiger partial charge in [-0.05, 0) is 31.2 Å². The fourth-order valence-electron chi connectivity index (χ4n) is 1.70. The fraction of sp³-hybridized carbons (Fsp3) is 0.467. The molecule has 0 fully saturated rings. The van der Waals surface area contributed by atoms with Crippen LogP contribution in [0.4, 0.5) is 5.69 Å². The summed E-state index contributed by atoms with van der Waals surface area (Å²) >= 11 is 0. The molecule has 0 unspecified atom stereocenters. The molecule has 0 heterocycles. The van der Waals surface area contributed by atoms with Crippen molar-refractivity contribution in [2.24, 2.45) is 0 Å². The van der Waals surface area contributed by atoms with Crippen LogP contribution in [0, 0.1) is 0 Å². The molecule has 0 aliphatic heterocycles. The van der Waals surface area contributed by atoms with Crippen molar-refractivity contribution >= 4 is 17.4 Å². The Balaban J connectivity index is 2.58. The normalized spacial score (nSPS) is 10.6. The number of hydrogen-bond acceptors (Lipinski definition) is 3. The Bertz CT molecular complexity index is 438. The van der Waals surface area contributed by atoms with Crippen LogP contribution in [0.25, 0.3) is 0 Å². The molecule has 0 spiro atoms. The van der Waals surface area contributed by atoms with E-state index in [-0.39, 0.29) is 11.7 Å². The average Bonchev–Trinajstić information content (AvgIpc) is 2.37. The standard InChI is InChI=1S/C15H22N2O2/c1-11(2)16-10-9-15(19)17(4)14-7-5-13(6-8-14)12(3)18/h5-8,11,16H,9-10H2,1-4H3. The lowest BCUT2D eigenvalue weighted by atomic mass is 10.1. The van der Waals surface area contributed by atoms with Crippen molar-refractivity contribution in [1.29, 1.82) is 0 Å². The second kappa shape index (κ2) is 7.04. The maximum absolute atomic E-state index is 12.0.